The smallest absolute Gasteiger partial charge is 0.328 e. The Hall–Kier alpha value is -3.54. The predicted molar refractivity (Wildman–Crippen MR) is 143 cm³/mol. The molecule has 0 bridgehead atoms. The molecule has 4 rings (SSSR count). The van der Waals surface area contributed by atoms with Crippen LogP contribution in [-0.4, -0.2) is 46.2 Å². The van der Waals surface area contributed by atoms with E-state index in [1.54, 1.807) is 12.1 Å². The summed E-state index contributed by atoms with van der Waals surface area (Å²) in [6, 6.07) is 25.5. The van der Waals surface area contributed by atoms with Crippen LogP contribution in [0.3, 0.4) is 0 Å². The van der Waals surface area contributed by atoms with E-state index >= 15 is 0 Å². The number of para-hydroxylation sites is 1. The molecule has 2 atom stereocenters. The summed E-state index contributed by atoms with van der Waals surface area (Å²) in [5.41, 5.74) is 3.52. The Labute approximate surface area is 228 Å². The summed E-state index contributed by atoms with van der Waals surface area (Å²) in [6.07, 6.45) is 3.45. The summed E-state index contributed by atoms with van der Waals surface area (Å²) in [5, 5.41) is 14.3. The molecular formula is C30H30N3NiO3-. The molecule has 0 unspecified atom stereocenters. The molecule has 3 aromatic rings. The fourth-order valence-electron chi connectivity index (χ4n) is 4.50. The Kier molecular flexibility index (Phi) is 10.4. The van der Waals surface area contributed by atoms with E-state index in [9.17, 15) is 14.7 Å². The molecule has 1 N–H and O–H groups in total. The van der Waals surface area contributed by atoms with E-state index in [-0.39, 0.29) is 34.9 Å². The van der Waals surface area contributed by atoms with Crippen molar-refractivity contribution in [2.24, 2.45) is 4.99 Å². The topological polar surface area (TPSA) is 84.1 Å². The normalized spacial score (nSPS) is 16.4. The van der Waals surface area contributed by atoms with Crippen LogP contribution in [0.25, 0.3) is 5.32 Å². The largest absolute Gasteiger partial charge is 0.625 e. The number of aliphatic imine (C=N–C) groups is 1. The van der Waals surface area contributed by atoms with Crippen molar-refractivity contribution in [2.45, 2.75) is 37.9 Å². The van der Waals surface area contributed by atoms with E-state index in [0.717, 1.165) is 30.5 Å². The minimum Gasteiger partial charge on any atom is -0.625 e. The summed E-state index contributed by atoms with van der Waals surface area (Å²) in [6.45, 7) is 5.22. The molecule has 1 heterocycles. The molecule has 0 radical (unpaired) electrons. The number of carboxylic acid groups (broad SMARTS) is 1. The molecule has 0 aromatic heterocycles. The summed E-state index contributed by atoms with van der Waals surface area (Å²) >= 11 is 0. The number of aliphatic carboxylic acids is 1. The molecule has 1 aliphatic heterocycles. The fourth-order valence-corrected chi connectivity index (χ4v) is 4.50. The molecule has 1 fully saturated rings. The van der Waals surface area contributed by atoms with Crippen LogP contribution in [0.15, 0.2) is 103 Å². The number of nitrogens with zero attached hydrogens (tertiary/aromatic N) is 3. The van der Waals surface area contributed by atoms with E-state index in [0.29, 0.717) is 23.5 Å². The molecule has 0 spiro atoms. The SMILES string of the molecule is C=CC[C@@H](N=C(c1ccccc1)c1ccccc1[N-]C(=O)[C@@H]1CCCN1Cc1ccccc1)C(=O)O.[Ni]. The summed E-state index contributed by atoms with van der Waals surface area (Å²) in [7, 11) is 0. The van der Waals surface area contributed by atoms with Crippen LogP contribution in [0.4, 0.5) is 5.69 Å². The Balaban J connectivity index is 0.00000380. The molecule has 1 saturated heterocycles. The number of benzene rings is 3. The quantitative estimate of drug-likeness (QED) is 0.202. The van der Waals surface area contributed by atoms with Gasteiger partial charge < -0.3 is 15.2 Å². The van der Waals surface area contributed by atoms with Gasteiger partial charge in [0, 0.05) is 28.6 Å². The Morgan fingerprint density at radius 3 is 2.35 bits per heavy atom. The molecule has 0 aliphatic carbocycles. The zero-order valence-electron chi connectivity index (χ0n) is 20.5. The first kappa shape index (κ1) is 28.0. The third-order valence-corrected chi connectivity index (χ3v) is 6.27. The minimum absolute atomic E-state index is 0. The molecule has 1 aliphatic rings. The van der Waals surface area contributed by atoms with E-state index in [4.69, 9.17) is 0 Å². The van der Waals surface area contributed by atoms with Gasteiger partial charge in [0.1, 0.15) is 0 Å². The third-order valence-electron chi connectivity index (χ3n) is 6.27. The van der Waals surface area contributed by atoms with Crippen molar-refractivity contribution in [2.75, 3.05) is 6.54 Å². The van der Waals surface area contributed by atoms with Gasteiger partial charge in [-0.25, -0.2) is 4.79 Å². The Morgan fingerprint density at radius 2 is 1.68 bits per heavy atom. The maximum atomic E-state index is 13.4. The first-order valence-electron chi connectivity index (χ1n) is 12.2. The van der Waals surface area contributed by atoms with E-state index in [2.05, 4.69) is 33.9 Å². The van der Waals surface area contributed by atoms with Crippen LogP contribution in [0.1, 0.15) is 36.0 Å². The van der Waals surface area contributed by atoms with Gasteiger partial charge in [0.05, 0.1) is 17.7 Å². The molecule has 6 nitrogen and oxygen atoms in total. The van der Waals surface area contributed by atoms with Gasteiger partial charge in [0.25, 0.3) is 0 Å². The summed E-state index contributed by atoms with van der Waals surface area (Å²) in [4.78, 5) is 32.1. The molecule has 37 heavy (non-hydrogen) atoms. The van der Waals surface area contributed by atoms with Gasteiger partial charge in [0.15, 0.2) is 6.04 Å². The van der Waals surface area contributed by atoms with Crippen molar-refractivity contribution in [3.8, 4) is 0 Å². The molecule has 7 heteroatoms. The van der Waals surface area contributed by atoms with Crippen molar-refractivity contribution in [1.82, 2.24) is 4.90 Å². The van der Waals surface area contributed by atoms with Crippen molar-refractivity contribution in [3.63, 3.8) is 0 Å². The maximum absolute atomic E-state index is 13.4. The number of rotatable bonds is 10. The third kappa shape index (κ3) is 7.25. The first-order valence-corrected chi connectivity index (χ1v) is 12.2. The molecule has 194 valence electrons. The van der Waals surface area contributed by atoms with Gasteiger partial charge in [-0.3, -0.25) is 9.89 Å². The zero-order chi connectivity index (χ0) is 25.3. The number of hydrogen-bond acceptors (Lipinski definition) is 4. The number of carboxylic acids is 1. The Bertz CT molecular complexity index is 1230. The van der Waals surface area contributed by atoms with Crippen LogP contribution in [0, 0.1) is 0 Å². The average Bonchev–Trinajstić information content (AvgIpc) is 3.36. The number of carbonyl (C=O) groups is 2. The van der Waals surface area contributed by atoms with Crippen molar-refractivity contribution in [1.29, 1.82) is 0 Å². The van der Waals surface area contributed by atoms with Gasteiger partial charge in [-0.15, -0.1) is 12.3 Å². The molecule has 1 amide bonds. The molecular weight excluding hydrogens is 509 g/mol. The average molecular weight is 539 g/mol. The van der Waals surface area contributed by atoms with Crippen LogP contribution in [0.2, 0.25) is 0 Å². The van der Waals surface area contributed by atoms with Gasteiger partial charge in [-0.2, -0.15) is 0 Å². The van der Waals surface area contributed by atoms with E-state index in [1.165, 1.54) is 0 Å². The van der Waals surface area contributed by atoms with E-state index < -0.39 is 12.0 Å². The summed E-state index contributed by atoms with van der Waals surface area (Å²) < 4.78 is 0. The minimum atomic E-state index is -1.03. The van der Waals surface area contributed by atoms with E-state index in [1.807, 2.05) is 66.7 Å². The number of hydrogen-bond donors (Lipinski definition) is 1. The van der Waals surface area contributed by atoms with Crippen molar-refractivity contribution < 1.29 is 31.2 Å². The maximum Gasteiger partial charge on any atom is 0.328 e. The Morgan fingerprint density at radius 1 is 1.03 bits per heavy atom. The van der Waals surface area contributed by atoms with Crippen LogP contribution >= 0.6 is 0 Å². The number of likely N-dealkylation sites (tertiary alicyclic amines) is 1. The second-order valence-corrected chi connectivity index (χ2v) is 8.80. The molecule has 3 aromatic carbocycles. The number of amides is 1. The summed E-state index contributed by atoms with van der Waals surface area (Å²) in [5.74, 6) is -1.22. The molecule has 0 saturated carbocycles. The zero-order valence-corrected chi connectivity index (χ0v) is 21.5. The van der Waals surface area contributed by atoms with Gasteiger partial charge in [-0.05, 0) is 36.9 Å². The van der Waals surface area contributed by atoms with Crippen molar-refractivity contribution >= 4 is 23.3 Å². The second-order valence-electron chi connectivity index (χ2n) is 8.80. The second kappa shape index (κ2) is 13.7. The predicted octanol–water partition coefficient (Wildman–Crippen LogP) is 5.75. The van der Waals surface area contributed by atoms with Gasteiger partial charge >= 0.3 is 5.97 Å². The first-order chi connectivity index (χ1) is 17.6. The van der Waals surface area contributed by atoms with Crippen LogP contribution in [-0.2, 0) is 32.6 Å². The van der Waals surface area contributed by atoms with Gasteiger partial charge in [0.2, 0.25) is 0 Å². The van der Waals surface area contributed by atoms with Gasteiger partial charge in [-0.1, -0.05) is 91.0 Å². The standard InChI is InChI=1S/C30H31N3O3.Ni/c1-2-12-26(30(35)36)31-28(23-15-7-4-8-16-23)24-17-9-10-18-25(24)32-29(34)27-19-11-20-33(27)21-22-13-5-3-6-14-22;/h2-10,13-18,26-27H,1,11-12,19-21H2,(H2,31,32,34,35,36);/p-1/t26-,27+;/m1./s1. The van der Waals surface area contributed by atoms with Crippen molar-refractivity contribution in [3.05, 3.63) is 120 Å². The fraction of sp³-hybridized carbons (Fsp3) is 0.233. The van der Waals surface area contributed by atoms with Crippen LogP contribution in [0.5, 0.6) is 0 Å². The number of carbonyl (C=O) groups excluding carboxylic acids is 1. The monoisotopic (exact) mass is 538 g/mol. The van der Waals surface area contributed by atoms with Crippen LogP contribution < -0.4 is 0 Å².